The van der Waals surface area contributed by atoms with Crippen LogP contribution in [0, 0.1) is 0 Å². The summed E-state index contributed by atoms with van der Waals surface area (Å²) in [6.45, 7) is 0.150. The highest BCUT2D eigenvalue weighted by atomic mass is 19.4. The van der Waals surface area contributed by atoms with Crippen LogP contribution in [-0.4, -0.2) is 32.0 Å². The molecule has 3 rings (SSSR count). The minimum absolute atomic E-state index is 0.109. The third-order valence-electron chi connectivity index (χ3n) is 3.14. The largest absolute Gasteiger partial charge is 0.481 e. The number of aromatic nitrogens is 5. The van der Waals surface area contributed by atoms with Crippen LogP contribution < -0.4 is 10.1 Å². The van der Waals surface area contributed by atoms with E-state index in [1.807, 2.05) is 0 Å². The monoisotopic (exact) mass is 336 g/mol. The number of nitrogens with one attached hydrogen (secondary N) is 1. The maximum absolute atomic E-state index is 12.7. The third-order valence-corrected chi connectivity index (χ3v) is 3.14. The molecule has 0 spiro atoms. The summed E-state index contributed by atoms with van der Waals surface area (Å²) in [6, 6.07) is 2.20. The molecular weight excluding hydrogens is 325 g/mol. The summed E-state index contributed by atoms with van der Waals surface area (Å²) in [7, 11) is 1.26. The molecule has 3 aromatic heterocycles. The molecule has 0 radical (unpaired) electrons. The minimum Gasteiger partial charge on any atom is -0.481 e. The first-order valence-electron chi connectivity index (χ1n) is 6.75. The van der Waals surface area contributed by atoms with E-state index < -0.39 is 11.9 Å². The van der Waals surface area contributed by atoms with Crippen molar-refractivity contribution >= 4 is 17.0 Å². The number of fused-ring (bicyclic) bond motifs is 1. The molecule has 24 heavy (non-hydrogen) atoms. The third kappa shape index (κ3) is 3.16. The topological polar surface area (TPSA) is 85.7 Å². The zero-order chi connectivity index (χ0) is 17.2. The Morgan fingerprint density at radius 3 is 2.62 bits per heavy atom. The molecule has 0 aromatic carbocycles. The quantitative estimate of drug-likeness (QED) is 0.783. The number of alkyl halides is 3. The second-order valence-corrected chi connectivity index (χ2v) is 4.67. The Morgan fingerprint density at radius 1 is 1.08 bits per heavy atom. The number of hydrogen-bond acceptors (Lipinski definition) is 7. The first-order chi connectivity index (χ1) is 11.5. The van der Waals surface area contributed by atoms with Crippen molar-refractivity contribution in [1.29, 1.82) is 0 Å². The average Bonchev–Trinajstić information content (AvgIpc) is 2.59. The molecule has 1 N–H and O–H groups in total. The summed E-state index contributed by atoms with van der Waals surface area (Å²) >= 11 is 0. The van der Waals surface area contributed by atoms with E-state index in [2.05, 4.69) is 30.2 Å². The van der Waals surface area contributed by atoms with Gasteiger partial charge in [0.1, 0.15) is 17.5 Å². The Bertz CT molecular complexity index is 865. The standard InChI is InChI=1S/C14H11F3N6O/c1-24-13-8(2-3-9(23-13)14(15,16)17)6-20-12-10-11(21-7-22-12)19-5-4-18-10/h2-5,7H,6H2,1H3,(H,19,20,21,22). The summed E-state index contributed by atoms with van der Waals surface area (Å²) in [6.07, 6.45) is -0.210. The Labute approximate surface area is 134 Å². The molecule has 0 saturated carbocycles. The lowest BCUT2D eigenvalue weighted by Gasteiger charge is -2.12. The number of anilines is 1. The van der Waals surface area contributed by atoms with Crippen LogP contribution in [0.4, 0.5) is 19.0 Å². The van der Waals surface area contributed by atoms with Gasteiger partial charge < -0.3 is 10.1 Å². The van der Waals surface area contributed by atoms with Gasteiger partial charge in [-0.05, 0) is 12.1 Å². The van der Waals surface area contributed by atoms with Gasteiger partial charge in [-0.1, -0.05) is 0 Å². The molecule has 0 aliphatic carbocycles. The zero-order valence-electron chi connectivity index (χ0n) is 12.4. The molecule has 0 amide bonds. The van der Waals surface area contributed by atoms with E-state index in [1.54, 1.807) is 0 Å². The summed E-state index contributed by atoms with van der Waals surface area (Å²) < 4.78 is 43.0. The van der Waals surface area contributed by atoms with E-state index in [4.69, 9.17) is 4.74 Å². The molecule has 10 heteroatoms. The summed E-state index contributed by atoms with van der Waals surface area (Å²) in [5.74, 6) is 0.303. The van der Waals surface area contributed by atoms with Gasteiger partial charge >= 0.3 is 6.18 Å². The fraction of sp³-hybridized carbons (Fsp3) is 0.214. The lowest BCUT2D eigenvalue weighted by Crippen LogP contribution is -2.11. The van der Waals surface area contributed by atoms with Gasteiger partial charge in [-0.15, -0.1) is 0 Å². The van der Waals surface area contributed by atoms with Gasteiger partial charge in [0.25, 0.3) is 0 Å². The van der Waals surface area contributed by atoms with Crippen LogP contribution >= 0.6 is 0 Å². The van der Waals surface area contributed by atoms with Crippen LogP contribution in [0.1, 0.15) is 11.3 Å². The second-order valence-electron chi connectivity index (χ2n) is 4.67. The van der Waals surface area contributed by atoms with Gasteiger partial charge in [0.2, 0.25) is 5.88 Å². The summed E-state index contributed by atoms with van der Waals surface area (Å²) in [4.78, 5) is 19.7. The zero-order valence-corrected chi connectivity index (χ0v) is 12.4. The van der Waals surface area contributed by atoms with E-state index in [1.165, 1.54) is 31.9 Å². The maximum atomic E-state index is 12.7. The summed E-state index contributed by atoms with van der Waals surface area (Å²) in [5.41, 5.74) is 0.300. The molecule has 0 atom stereocenters. The van der Waals surface area contributed by atoms with Gasteiger partial charge in [0, 0.05) is 24.5 Å². The number of nitrogens with zero attached hydrogens (tertiary/aromatic N) is 5. The van der Waals surface area contributed by atoms with Crippen molar-refractivity contribution < 1.29 is 17.9 Å². The molecule has 0 fully saturated rings. The van der Waals surface area contributed by atoms with E-state index in [9.17, 15) is 13.2 Å². The second kappa shape index (κ2) is 6.22. The molecule has 7 nitrogen and oxygen atoms in total. The predicted octanol–water partition coefficient (Wildman–Crippen LogP) is 2.45. The highest BCUT2D eigenvalue weighted by Crippen LogP contribution is 2.30. The van der Waals surface area contributed by atoms with Crippen molar-refractivity contribution in [3.8, 4) is 5.88 Å². The van der Waals surface area contributed by atoms with Gasteiger partial charge in [-0.25, -0.2) is 24.9 Å². The number of hydrogen-bond donors (Lipinski definition) is 1. The lowest BCUT2D eigenvalue weighted by atomic mass is 10.2. The van der Waals surface area contributed by atoms with E-state index >= 15 is 0 Å². The number of halogens is 3. The normalized spacial score (nSPS) is 11.5. The van der Waals surface area contributed by atoms with Crippen LogP contribution in [0.2, 0.25) is 0 Å². The smallest absolute Gasteiger partial charge is 0.433 e. The van der Waals surface area contributed by atoms with Gasteiger partial charge in [0.15, 0.2) is 11.5 Å². The Balaban J connectivity index is 1.86. The highest BCUT2D eigenvalue weighted by Gasteiger charge is 2.33. The van der Waals surface area contributed by atoms with E-state index in [0.29, 0.717) is 22.5 Å². The van der Waals surface area contributed by atoms with Crippen molar-refractivity contribution in [2.75, 3.05) is 12.4 Å². The minimum atomic E-state index is -4.53. The Morgan fingerprint density at radius 2 is 1.88 bits per heavy atom. The first kappa shape index (κ1) is 15.8. The number of methoxy groups -OCH3 is 1. The van der Waals surface area contributed by atoms with E-state index in [0.717, 1.165) is 6.07 Å². The molecule has 0 unspecified atom stereocenters. The maximum Gasteiger partial charge on any atom is 0.433 e. The predicted molar refractivity (Wildman–Crippen MR) is 78.2 cm³/mol. The fourth-order valence-electron chi connectivity index (χ4n) is 2.04. The Kier molecular flexibility index (Phi) is 4.11. The average molecular weight is 336 g/mol. The Hall–Kier alpha value is -3.04. The van der Waals surface area contributed by atoms with Crippen LogP contribution in [0.5, 0.6) is 5.88 Å². The molecular formula is C14H11F3N6O. The number of ether oxygens (including phenoxy) is 1. The lowest BCUT2D eigenvalue weighted by molar-refractivity contribution is -0.141. The number of rotatable bonds is 4. The fourth-order valence-corrected chi connectivity index (χ4v) is 2.04. The number of pyridine rings is 1. The van der Waals surface area contributed by atoms with Crippen molar-refractivity contribution in [3.63, 3.8) is 0 Å². The van der Waals surface area contributed by atoms with Crippen molar-refractivity contribution in [1.82, 2.24) is 24.9 Å². The molecule has 0 aliphatic heterocycles. The van der Waals surface area contributed by atoms with Gasteiger partial charge in [-0.3, -0.25) is 0 Å². The highest BCUT2D eigenvalue weighted by molar-refractivity contribution is 5.81. The van der Waals surface area contributed by atoms with E-state index in [-0.39, 0.29) is 12.4 Å². The molecule has 0 aliphatic rings. The molecule has 0 bridgehead atoms. The molecule has 3 aromatic rings. The molecule has 3 heterocycles. The van der Waals surface area contributed by atoms with Crippen LogP contribution in [-0.2, 0) is 12.7 Å². The summed E-state index contributed by atoms with van der Waals surface area (Å²) in [5, 5.41) is 2.98. The SMILES string of the molecule is COc1nc(C(F)(F)F)ccc1CNc1ncnc2nccnc12. The van der Waals surface area contributed by atoms with Crippen molar-refractivity contribution in [3.05, 3.63) is 42.1 Å². The van der Waals surface area contributed by atoms with Crippen molar-refractivity contribution in [2.45, 2.75) is 12.7 Å². The van der Waals surface area contributed by atoms with Crippen molar-refractivity contribution in [2.24, 2.45) is 0 Å². The van der Waals surface area contributed by atoms with Crippen LogP contribution in [0.25, 0.3) is 11.2 Å². The molecule has 124 valence electrons. The van der Waals surface area contributed by atoms with Gasteiger partial charge in [-0.2, -0.15) is 13.2 Å². The first-order valence-corrected chi connectivity index (χ1v) is 6.75. The van der Waals surface area contributed by atoms with Crippen LogP contribution in [0.3, 0.4) is 0 Å². The van der Waals surface area contributed by atoms with Crippen LogP contribution in [0.15, 0.2) is 30.9 Å². The molecule has 0 saturated heterocycles. The van der Waals surface area contributed by atoms with Gasteiger partial charge in [0.05, 0.1) is 7.11 Å².